The average molecular weight is 332 g/mol. The predicted molar refractivity (Wildman–Crippen MR) is 72.7 cm³/mol. The van der Waals surface area contributed by atoms with Gasteiger partial charge in [-0.3, -0.25) is 9.59 Å². The highest BCUT2D eigenvalue weighted by Crippen LogP contribution is 2.24. The predicted octanol–water partition coefficient (Wildman–Crippen LogP) is 2.38. The van der Waals surface area contributed by atoms with E-state index in [0.29, 0.717) is 19.5 Å². The summed E-state index contributed by atoms with van der Waals surface area (Å²) >= 11 is 5.09. The SMILES string of the molecule is O=C(O)C1CN(C(=O)CCCc2ccc(Br)s2)C1. The number of nitrogens with zero attached hydrogens (tertiary/aromatic N) is 1. The molecule has 1 aromatic rings. The number of thiophene rings is 1. The smallest absolute Gasteiger partial charge is 0.310 e. The lowest BCUT2D eigenvalue weighted by Gasteiger charge is -2.36. The Kier molecular flexibility index (Phi) is 4.40. The van der Waals surface area contributed by atoms with E-state index >= 15 is 0 Å². The van der Waals surface area contributed by atoms with Gasteiger partial charge in [-0.05, 0) is 40.9 Å². The Labute approximate surface area is 118 Å². The minimum Gasteiger partial charge on any atom is -0.481 e. The van der Waals surface area contributed by atoms with Crippen LogP contribution < -0.4 is 0 Å². The first-order valence-electron chi connectivity index (χ1n) is 5.81. The molecule has 2 rings (SSSR count). The summed E-state index contributed by atoms with van der Waals surface area (Å²) in [7, 11) is 0. The van der Waals surface area contributed by atoms with Crippen molar-refractivity contribution in [2.45, 2.75) is 19.3 Å². The lowest BCUT2D eigenvalue weighted by Crippen LogP contribution is -2.52. The fourth-order valence-electron chi connectivity index (χ4n) is 1.90. The fourth-order valence-corrected chi connectivity index (χ4v) is 3.42. The Hall–Kier alpha value is -0.880. The number of aliphatic carboxylic acids is 1. The minimum absolute atomic E-state index is 0.0723. The second-order valence-corrected chi connectivity index (χ2v) is 6.94. The monoisotopic (exact) mass is 331 g/mol. The Bertz CT molecular complexity index is 454. The van der Waals surface area contributed by atoms with Crippen molar-refractivity contribution in [2.75, 3.05) is 13.1 Å². The maximum Gasteiger partial charge on any atom is 0.310 e. The van der Waals surface area contributed by atoms with Gasteiger partial charge in [-0.15, -0.1) is 11.3 Å². The Balaban J connectivity index is 1.66. The minimum atomic E-state index is -0.803. The molecule has 0 aromatic carbocycles. The van der Waals surface area contributed by atoms with E-state index in [-0.39, 0.29) is 11.8 Å². The van der Waals surface area contributed by atoms with Crippen molar-refractivity contribution in [3.8, 4) is 0 Å². The molecule has 1 amide bonds. The third kappa shape index (κ3) is 3.32. The number of aryl methyl sites for hydroxylation is 1. The molecule has 0 spiro atoms. The summed E-state index contributed by atoms with van der Waals surface area (Å²) in [5, 5.41) is 8.72. The third-order valence-electron chi connectivity index (χ3n) is 3.03. The van der Waals surface area contributed by atoms with Crippen molar-refractivity contribution in [2.24, 2.45) is 5.92 Å². The van der Waals surface area contributed by atoms with Crippen molar-refractivity contribution in [1.82, 2.24) is 4.90 Å². The third-order valence-corrected chi connectivity index (χ3v) is 4.71. The highest BCUT2D eigenvalue weighted by atomic mass is 79.9. The van der Waals surface area contributed by atoms with Crippen molar-refractivity contribution >= 4 is 39.1 Å². The number of hydrogen-bond donors (Lipinski definition) is 1. The first kappa shape index (κ1) is 13.5. The molecule has 1 fully saturated rings. The van der Waals surface area contributed by atoms with E-state index in [1.54, 1.807) is 16.2 Å². The highest BCUT2D eigenvalue weighted by molar-refractivity contribution is 9.11. The Morgan fingerprint density at radius 2 is 2.17 bits per heavy atom. The first-order chi connectivity index (χ1) is 8.56. The summed E-state index contributed by atoms with van der Waals surface area (Å²) in [6.45, 7) is 0.747. The number of halogens is 1. The summed E-state index contributed by atoms with van der Waals surface area (Å²) in [6.07, 6.45) is 2.22. The van der Waals surface area contributed by atoms with Gasteiger partial charge in [0, 0.05) is 24.4 Å². The highest BCUT2D eigenvalue weighted by Gasteiger charge is 2.34. The molecule has 1 aromatic heterocycles. The summed E-state index contributed by atoms with van der Waals surface area (Å²) in [5.41, 5.74) is 0. The van der Waals surface area contributed by atoms with Gasteiger partial charge in [-0.25, -0.2) is 0 Å². The zero-order valence-corrected chi connectivity index (χ0v) is 12.2. The molecule has 0 aliphatic carbocycles. The average Bonchev–Trinajstić information content (AvgIpc) is 2.61. The number of amides is 1. The molecule has 1 N–H and O–H groups in total. The summed E-state index contributed by atoms with van der Waals surface area (Å²) in [5.74, 6) is -1.09. The van der Waals surface area contributed by atoms with Crippen molar-refractivity contribution in [3.63, 3.8) is 0 Å². The van der Waals surface area contributed by atoms with Crippen LogP contribution in [0.1, 0.15) is 17.7 Å². The molecule has 0 unspecified atom stereocenters. The van der Waals surface area contributed by atoms with Crippen LogP contribution in [-0.4, -0.2) is 35.0 Å². The Morgan fingerprint density at radius 3 is 2.72 bits per heavy atom. The molecule has 0 radical (unpaired) electrons. The largest absolute Gasteiger partial charge is 0.481 e. The van der Waals surface area contributed by atoms with Crippen LogP contribution in [0.5, 0.6) is 0 Å². The van der Waals surface area contributed by atoms with Crippen LogP contribution in [0.3, 0.4) is 0 Å². The van der Waals surface area contributed by atoms with Crippen molar-refractivity contribution in [3.05, 3.63) is 20.8 Å². The van der Waals surface area contributed by atoms with E-state index in [1.165, 1.54) is 4.88 Å². The quantitative estimate of drug-likeness (QED) is 0.901. The maximum atomic E-state index is 11.7. The number of carbonyl (C=O) groups excluding carboxylic acids is 1. The molecule has 6 heteroatoms. The number of hydrogen-bond acceptors (Lipinski definition) is 3. The molecule has 1 saturated heterocycles. The molecule has 0 atom stereocenters. The molecule has 2 heterocycles. The van der Waals surface area contributed by atoms with E-state index in [0.717, 1.165) is 16.6 Å². The van der Waals surface area contributed by atoms with Crippen LogP contribution >= 0.6 is 27.3 Å². The van der Waals surface area contributed by atoms with Gasteiger partial charge in [0.2, 0.25) is 5.91 Å². The lowest BCUT2D eigenvalue weighted by atomic mass is 10.00. The molecule has 1 aliphatic heterocycles. The molecule has 4 nitrogen and oxygen atoms in total. The topological polar surface area (TPSA) is 57.6 Å². The zero-order valence-electron chi connectivity index (χ0n) is 9.76. The second-order valence-electron chi connectivity index (χ2n) is 4.39. The molecule has 0 saturated carbocycles. The summed E-state index contributed by atoms with van der Waals surface area (Å²) < 4.78 is 1.11. The van der Waals surface area contributed by atoms with E-state index in [2.05, 4.69) is 22.0 Å². The van der Waals surface area contributed by atoms with Crippen LogP contribution in [0.25, 0.3) is 0 Å². The van der Waals surface area contributed by atoms with Crippen molar-refractivity contribution < 1.29 is 14.7 Å². The summed E-state index contributed by atoms with van der Waals surface area (Å²) in [4.78, 5) is 25.2. The zero-order chi connectivity index (χ0) is 13.1. The molecular formula is C12H14BrNO3S. The van der Waals surface area contributed by atoms with Crippen molar-refractivity contribution in [1.29, 1.82) is 0 Å². The molecule has 98 valence electrons. The van der Waals surface area contributed by atoms with Gasteiger partial charge in [0.05, 0.1) is 9.70 Å². The van der Waals surface area contributed by atoms with Crippen LogP contribution in [0.4, 0.5) is 0 Å². The Morgan fingerprint density at radius 1 is 1.44 bits per heavy atom. The second kappa shape index (κ2) is 5.84. The number of carboxylic acids is 1. The van der Waals surface area contributed by atoms with Crippen LogP contribution in [0, 0.1) is 5.92 Å². The lowest BCUT2D eigenvalue weighted by molar-refractivity contribution is -0.152. The number of carboxylic acid groups (broad SMARTS) is 1. The van der Waals surface area contributed by atoms with Gasteiger partial charge in [0.15, 0.2) is 0 Å². The van der Waals surface area contributed by atoms with Crippen LogP contribution in [-0.2, 0) is 16.0 Å². The molecular weight excluding hydrogens is 318 g/mol. The maximum absolute atomic E-state index is 11.7. The van der Waals surface area contributed by atoms with Gasteiger partial charge in [0.1, 0.15) is 0 Å². The van der Waals surface area contributed by atoms with E-state index in [1.807, 2.05) is 6.07 Å². The van der Waals surface area contributed by atoms with Crippen LogP contribution in [0.2, 0.25) is 0 Å². The normalized spacial score (nSPS) is 15.5. The van der Waals surface area contributed by atoms with E-state index in [9.17, 15) is 9.59 Å². The van der Waals surface area contributed by atoms with Gasteiger partial charge in [0.25, 0.3) is 0 Å². The molecule has 1 aliphatic rings. The van der Waals surface area contributed by atoms with Gasteiger partial charge < -0.3 is 10.0 Å². The number of rotatable bonds is 5. The first-order valence-corrected chi connectivity index (χ1v) is 7.42. The fraction of sp³-hybridized carbons (Fsp3) is 0.500. The number of likely N-dealkylation sites (tertiary alicyclic amines) is 1. The van der Waals surface area contributed by atoms with Gasteiger partial charge >= 0.3 is 5.97 Å². The summed E-state index contributed by atoms with van der Waals surface area (Å²) in [6, 6.07) is 4.07. The van der Waals surface area contributed by atoms with Gasteiger partial charge in [-0.1, -0.05) is 0 Å². The molecule has 18 heavy (non-hydrogen) atoms. The molecule has 0 bridgehead atoms. The van der Waals surface area contributed by atoms with E-state index in [4.69, 9.17) is 5.11 Å². The number of carbonyl (C=O) groups is 2. The van der Waals surface area contributed by atoms with Crippen LogP contribution in [0.15, 0.2) is 15.9 Å². The van der Waals surface area contributed by atoms with Gasteiger partial charge in [-0.2, -0.15) is 0 Å². The van der Waals surface area contributed by atoms with E-state index < -0.39 is 5.97 Å². The standard InChI is InChI=1S/C12H14BrNO3S/c13-10-5-4-9(18-10)2-1-3-11(15)14-6-8(7-14)12(16)17/h4-5,8H,1-3,6-7H2,(H,16,17).